The van der Waals surface area contributed by atoms with E-state index >= 15 is 0 Å². The molecule has 0 atom stereocenters. The third-order valence-corrected chi connectivity index (χ3v) is 5.61. The number of benzene rings is 2. The molecule has 8 nitrogen and oxygen atoms in total. The van der Waals surface area contributed by atoms with Crippen LogP contribution < -0.4 is 19.1 Å². The van der Waals surface area contributed by atoms with Crippen molar-refractivity contribution in [2.75, 3.05) is 66.5 Å². The molecule has 0 bridgehead atoms. The number of hydrogen-bond donors (Lipinski definition) is 0. The Morgan fingerprint density at radius 1 is 0.750 bits per heavy atom. The molecule has 2 aromatic carbocycles. The Kier molecular flexibility index (Phi) is 7.45. The van der Waals surface area contributed by atoms with E-state index in [1.807, 2.05) is 48.2 Å². The molecular formula is C24H31N3O5. The van der Waals surface area contributed by atoms with Crippen LogP contribution in [0, 0.1) is 0 Å². The zero-order valence-corrected chi connectivity index (χ0v) is 19.4. The summed E-state index contributed by atoms with van der Waals surface area (Å²) in [6, 6.07) is 10.9. The highest BCUT2D eigenvalue weighted by molar-refractivity contribution is 5.96. The van der Waals surface area contributed by atoms with Crippen molar-refractivity contribution in [2.45, 2.75) is 6.42 Å². The summed E-state index contributed by atoms with van der Waals surface area (Å²) in [5.74, 6) is 1.16. The number of anilines is 1. The monoisotopic (exact) mass is 441 g/mol. The zero-order chi connectivity index (χ0) is 23.3. The Hall–Kier alpha value is -3.42. The largest absolute Gasteiger partial charge is 0.493 e. The molecule has 1 aliphatic heterocycles. The van der Waals surface area contributed by atoms with E-state index in [1.54, 1.807) is 17.0 Å². The molecule has 0 unspecified atom stereocenters. The Labute approximate surface area is 189 Å². The van der Waals surface area contributed by atoms with Crippen molar-refractivity contribution < 1.29 is 23.8 Å². The summed E-state index contributed by atoms with van der Waals surface area (Å²) in [5, 5.41) is 0. The molecule has 1 aliphatic rings. The molecule has 2 aromatic rings. The van der Waals surface area contributed by atoms with Crippen molar-refractivity contribution >= 4 is 17.5 Å². The van der Waals surface area contributed by atoms with E-state index in [9.17, 15) is 9.59 Å². The quantitative estimate of drug-likeness (QED) is 0.687. The average Bonchev–Trinajstić information content (AvgIpc) is 3.08. The molecule has 8 heteroatoms. The van der Waals surface area contributed by atoms with Gasteiger partial charge in [-0.05, 0) is 42.8 Å². The van der Waals surface area contributed by atoms with E-state index in [4.69, 9.17) is 14.2 Å². The van der Waals surface area contributed by atoms with Gasteiger partial charge in [0.2, 0.25) is 5.75 Å². The van der Waals surface area contributed by atoms with Crippen molar-refractivity contribution in [1.29, 1.82) is 0 Å². The second-order valence-electron chi connectivity index (χ2n) is 7.79. The van der Waals surface area contributed by atoms with Crippen LogP contribution in [0.1, 0.15) is 27.1 Å². The van der Waals surface area contributed by atoms with Crippen LogP contribution in [0.15, 0.2) is 36.4 Å². The first-order valence-corrected chi connectivity index (χ1v) is 10.6. The normalized spacial score (nSPS) is 13.9. The molecule has 0 spiro atoms. The van der Waals surface area contributed by atoms with E-state index in [0.29, 0.717) is 61.0 Å². The number of amides is 2. The summed E-state index contributed by atoms with van der Waals surface area (Å²) >= 11 is 0. The van der Waals surface area contributed by atoms with Gasteiger partial charge in [0.15, 0.2) is 11.5 Å². The first-order valence-electron chi connectivity index (χ1n) is 10.6. The van der Waals surface area contributed by atoms with Gasteiger partial charge in [-0.15, -0.1) is 0 Å². The first kappa shape index (κ1) is 23.2. The third-order valence-electron chi connectivity index (χ3n) is 5.61. The van der Waals surface area contributed by atoms with E-state index in [2.05, 4.69) is 0 Å². The number of hydrogen-bond acceptors (Lipinski definition) is 6. The van der Waals surface area contributed by atoms with Gasteiger partial charge in [-0.1, -0.05) is 0 Å². The predicted octanol–water partition coefficient (Wildman–Crippen LogP) is 2.77. The van der Waals surface area contributed by atoms with Crippen LogP contribution >= 0.6 is 0 Å². The molecule has 0 aromatic heterocycles. The van der Waals surface area contributed by atoms with Crippen molar-refractivity contribution in [3.05, 3.63) is 47.5 Å². The van der Waals surface area contributed by atoms with Crippen LogP contribution in [0.4, 0.5) is 5.69 Å². The lowest BCUT2D eigenvalue weighted by Crippen LogP contribution is -2.37. The van der Waals surface area contributed by atoms with Crippen molar-refractivity contribution in [3.8, 4) is 17.2 Å². The molecule has 0 aliphatic carbocycles. The molecule has 0 saturated carbocycles. The standard InChI is InChI=1S/C24H31N3O5/c1-25(2)19-9-7-17(8-10-19)23(28)26-11-6-12-27(14-13-26)24(29)18-15-20(30-3)22(32-5)21(16-18)31-4/h7-10,15-16H,6,11-14H2,1-5H3. The fourth-order valence-corrected chi connectivity index (χ4v) is 3.80. The minimum Gasteiger partial charge on any atom is -0.493 e. The minimum absolute atomic E-state index is 0.0163. The van der Waals surface area contributed by atoms with Crippen molar-refractivity contribution in [1.82, 2.24) is 9.80 Å². The van der Waals surface area contributed by atoms with E-state index in [0.717, 1.165) is 5.69 Å². The van der Waals surface area contributed by atoms with Gasteiger partial charge in [-0.25, -0.2) is 0 Å². The Morgan fingerprint density at radius 3 is 1.69 bits per heavy atom. The minimum atomic E-state index is -0.131. The molecule has 1 heterocycles. The maximum absolute atomic E-state index is 13.2. The van der Waals surface area contributed by atoms with Crippen LogP contribution in [-0.4, -0.2) is 83.2 Å². The fraction of sp³-hybridized carbons (Fsp3) is 0.417. The molecule has 0 radical (unpaired) electrons. The fourth-order valence-electron chi connectivity index (χ4n) is 3.80. The topological polar surface area (TPSA) is 71.6 Å². The number of carbonyl (C=O) groups excluding carboxylic acids is 2. The summed E-state index contributed by atoms with van der Waals surface area (Å²) in [6.45, 7) is 2.10. The smallest absolute Gasteiger partial charge is 0.254 e. The molecular weight excluding hydrogens is 410 g/mol. The van der Waals surface area contributed by atoms with Gasteiger partial charge in [-0.2, -0.15) is 0 Å². The van der Waals surface area contributed by atoms with Crippen molar-refractivity contribution in [2.24, 2.45) is 0 Å². The van der Waals surface area contributed by atoms with Crippen LogP contribution in [0.25, 0.3) is 0 Å². The summed E-state index contributed by atoms with van der Waals surface area (Å²) in [5.41, 5.74) is 2.15. The first-order chi connectivity index (χ1) is 15.4. The Bertz CT molecular complexity index is 934. The van der Waals surface area contributed by atoms with Gasteiger partial charge in [0.05, 0.1) is 21.3 Å². The van der Waals surface area contributed by atoms with Gasteiger partial charge in [-0.3, -0.25) is 9.59 Å². The lowest BCUT2D eigenvalue weighted by Gasteiger charge is -2.23. The number of ether oxygens (including phenoxy) is 3. The second kappa shape index (κ2) is 10.3. The molecule has 1 fully saturated rings. The lowest BCUT2D eigenvalue weighted by atomic mass is 10.1. The highest BCUT2D eigenvalue weighted by atomic mass is 16.5. The SMILES string of the molecule is COc1cc(C(=O)N2CCCN(C(=O)c3ccc(N(C)C)cc3)CC2)cc(OC)c1OC. The third kappa shape index (κ3) is 4.90. The van der Waals surface area contributed by atoms with Crippen LogP contribution in [0.2, 0.25) is 0 Å². The summed E-state index contributed by atoms with van der Waals surface area (Å²) < 4.78 is 16.1. The Morgan fingerprint density at radius 2 is 1.25 bits per heavy atom. The van der Waals surface area contributed by atoms with E-state index in [-0.39, 0.29) is 11.8 Å². The lowest BCUT2D eigenvalue weighted by molar-refractivity contribution is 0.0718. The molecule has 3 rings (SSSR count). The van der Waals surface area contributed by atoms with Crippen molar-refractivity contribution in [3.63, 3.8) is 0 Å². The summed E-state index contributed by atoms with van der Waals surface area (Å²) in [6.07, 6.45) is 0.706. The number of rotatable bonds is 6. The van der Waals surface area contributed by atoms with Crippen LogP contribution in [0.5, 0.6) is 17.2 Å². The number of nitrogens with zero attached hydrogens (tertiary/aromatic N) is 3. The average molecular weight is 442 g/mol. The van der Waals surface area contributed by atoms with Gasteiger partial charge in [0.1, 0.15) is 0 Å². The Balaban J connectivity index is 1.72. The number of methoxy groups -OCH3 is 3. The number of carbonyl (C=O) groups is 2. The second-order valence-corrected chi connectivity index (χ2v) is 7.79. The molecule has 1 saturated heterocycles. The van der Waals surface area contributed by atoms with E-state index in [1.165, 1.54) is 21.3 Å². The molecule has 0 N–H and O–H groups in total. The summed E-state index contributed by atoms with van der Waals surface area (Å²) in [7, 11) is 8.49. The maximum Gasteiger partial charge on any atom is 0.254 e. The molecule has 32 heavy (non-hydrogen) atoms. The maximum atomic E-state index is 13.2. The molecule has 172 valence electrons. The van der Waals surface area contributed by atoms with Gasteiger partial charge in [0, 0.05) is 57.1 Å². The highest BCUT2D eigenvalue weighted by Crippen LogP contribution is 2.38. The van der Waals surface area contributed by atoms with Gasteiger partial charge >= 0.3 is 0 Å². The van der Waals surface area contributed by atoms with Gasteiger partial charge in [0.25, 0.3) is 11.8 Å². The van der Waals surface area contributed by atoms with Gasteiger partial charge < -0.3 is 28.9 Å². The summed E-state index contributed by atoms with van der Waals surface area (Å²) in [4.78, 5) is 31.8. The molecule has 2 amide bonds. The van der Waals surface area contributed by atoms with E-state index < -0.39 is 0 Å². The van der Waals surface area contributed by atoms with Crippen LogP contribution in [0.3, 0.4) is 0 Å². The zero-order valence-electron chi connectivity index (χ0n) is 19.4. The van der Waals surface area contributed by atoms with Crippen LogP contribution in [-0.2, 0) is 0 Å². The highest BCUT2D eigenvalue weighted by Gasteiger charge is 2.25. The predicted molar refractivity (Wildman–Crippen MR) is 123 cm³/mol.